The van der Waals surface area contributed by atoms with Gasteiger partial charge >= 0.3 is 0 Å². The van der Waals surface area contributed by atoms with Gasteiger partial charge in [-0.1, -0.05) is 70.3 Å². The minimum Gasteiger partial charge on any atom is -0.475 e. The summed E-state index contributed by atoms with van der Waals surface area (Å²) in [6, 6.07) is 10.8. The number of aromatic nitrogens is 4. The van der Waals surface area contributed by atoms with E-state index in [2.05, 4.69) is 40.6 Å². The molecule has 8 heterocycles. The van der Waals surface area contributed by atoms with Crippen molar-refractivity contribution in [2.24, 2.45) is 11.8 Å². The van der Waals surface area contributed by atoms with E-state index in [0.29, 0.717) is 152 Å². The molecule has 4 saturated heterocycles. The highest BCUT2D eigenvalue weighted by Gasteiger charge is 2.37. The number of benzene rings is 2. The molecule has 82 heavy (non-hydrogen) atoms. The summed E-state index contributed by atoms with van der Waals surface area (Å²) in [4.78, 5) is 83.3. The smallest absolute Gasteiger partial charge is 0.236 e. The van der Waals surface area contributed by atoms with Crippen LogP contribution in [0.15, 0.2) is 41.6 Å². The molecule has 0 spiro atoms. The highest BCUT2D eigenvalue weighted by atomic mass is 35.5. The van der Waals surface area contributed by atoms with Crippen molar-refractivity contribution in [1.82, 2.24) is 54.7 Å². The normalized spacial score (nSPS) is 19.3. The number of carbonyl (C=O) groups excluding carboxylic acids is 4. The van der Waals surface area contributed by atoms with E-state index in [1.807, 2.05) is 38.0 Å². The highest BCUT2D eigenvalue weighted by molar-refractivity contribution is 7.98. The summed E-state index contributed by atoms with van der Waals surface area (Å²) in [7, 11) is 0. The number of fused-ring (bicyclic) bond motifs is 2. The van der Waals surface area contributed by atoms with Crippen molar-refractivity contribution < 1.29 is 28.7 Å². The van der Waals surface area contributed by atoms with Gasteiger partial charge in [-0.2, -0.15) is 15.0 Å². The van der Waals surface area contributed by atoms with Crippen LogP contribution in [0.1, 0.15) is 73.6 Å². The third-order valence-corrected chi connectivity index (χ3v) is 17.6. The number of hydrogen-bond donors (Lipinski definition) is 3. The van der Waals surface area contributed by atoms with Crippen LogP contribution in [0, 0.1) is 11.8 Å². The average molecular weight is 1230 g/mol. The van der Waals surface area contributed by atoms with Gasteiger partial charge < -0.3 is 49.9 Å². The van der Waals surface area contributed by atoms with Gasteiger partial charge in [0.2, 0.25) is 41.3 Å². The van der Waals surface area contributed by atoms with Crippen LogP contribution in [0.3, 0.4) is 0 Å². The zero-order valence-electron chi connectivity index (χ0n) is 46.6. The van der Waals surface area contributed by atoms with Gasteiger partial charge in [-0.25, -0.2) is 4.98 Å². The molecule has 442 valence electrons. The van der Waals surface area contributed by atoms with Crippen molar-refractivity contribution in [3.63, 3.8) is 0 Å². The van der Waals surface area contributed by atoms with E-state index in [1.165, 1.54) is 37.4 Å². The molecule has 25 heteroatoms. The van der Waals surface area contributed by atoms with Gasteiger partial charge in [0.1, 0.15) is 24.8 Å². The van der Waals surface area contributed by atoms with Crippen molar-refractivity contribution in [3.8, 4) is 11.8 Å². The lowest BCUT2D eigenvalue weighted by Gasteiger charge is -2.35. The van der Waals surface area contributed by atoms with E-state index in [1.54, 1.807) is 24.3 Å². The van der Waals surface area contributed by atoms with Gasteiger partial charge in [0, 0.05) is 97.4 Å². The molecule has 0 bridgehead atoms. The first-order valence-corrected chi connectivity index (χ1v) is 31.6. The van der Waals surface area contributed by atoms with E-state index >= 15 is 0 Å². The van der Waals surface area contributed by atoms with Crippen LogP contribution >= 0.6 is 58.2 Å². The largest absolute Gasteiger partial charge is 0.475 e. The third-order valence-electron chi connectivity index (χ3n) is 15.9. The summed E-state index contributed by atoms with van der Waals surface area (Å²) in [5, 5.41) is 13.0. The molecular weight excluding hydrogens is 1150 g/mol. The van der Waals surface area contributed by atoms with Crippen molar-refractivity contribution in [3.05, 3.63) is 78.7 Å². The van der Waals surface area contributed by atoms with Crippen LogP contribution in [0.2, 0.25) is 20.1 Å². The number of likely N-dealkylation sites (tertiary alicyclic amines) is 2. The molecule has 0 atom stereocenters. The number of carbonyl (C=O) groups is 4. The maximum Gasteiger partial charge on any atom is 0.236 e. The second kappa shape index (κ2) is 28.6. The Kier molecular flexibility index (Phi) is 21.0. The predicted octanol–water partition coefficient (Wildman–Crippen LogP) is 7.03. The summed E-state index contributed by atoms with van der Waals surface area (Å²) in [5.74, 6) is 4.01. The molecule has 2 saturated carbocycles. The molecule has 4 aromatic rings. The number of ether oxygens (including phenoxy) is 2. The van der Waals surface area contributed by atoms with Gasteiger partial charge in [0.05, 0.1) is 50.4 Å². The van der Waals surface area contributed by atoms with Crippen LogP contribution in [-0.4, -0.2) is 197 Å². The summed E-state index contributed by atoms with van der Waals surface area (Å²) < 4.78 is 12.0. The molecule has 12 rings (SSSR count). The number of halogens is 4. The Morgan fingerprint density at radius 3 is 1.50 bits per heavy atom. The number of thioether (sulfide) groups is 1. The summed E-state index contributed by atoms with van der Waals surface area (Å²) >= 11 is 26.2. The number of rotatable bonds is 14. The molecular formula is C57H74Cl4N14O6S. The molecule has 2 aromatic carbocycles. The average Bonchev–Trinajstić information content (AvgIpc) is 4.39. The van der Waals surface area contributed by atoms with Crippen LogP contribution in [0.5, 0.6) is 11.8 Å². The Morgan fingerprint density at radius 1 is 0.573 bits per heavy atom. The minimum absolute atomic E-state index is 0.121. The van der Waals surface area contributed by atoms with E-state index in [4.69, 9.17) is 65.8 Å². The molecule has 20 nitrogen and oxygen atoms in total. The first-order valence-electron chi connectivity index (χ1n) is 28.9. The fourth-order valence-electron chi connectivity index (χ4n) is 10.8. The highest BCUT2D eigenvalue weighted by Crippen LogP contribution is 2.37. The maximum absolute atomic E-state index is 12.9. The molecule has 6 fully saturated rings. The quantitative estimate of drug-likeness (QED) is 0.0859. The number of hydrogen-bond acceptors (Lipinski definition) is 17. The predicted molar refractivity (Wildman–Crippen MR) is 320 cm³/mol. The third kappa shape index (κ3) is 16.2. The first kappa shape index (κ1) is 60.0. The lowest BCUT2D eigenvalue weighted by molar-refractivity contribution is -0.134. The fraction of sp³-hybridized carbons (Fsp3) is 0.579. The van der Waals surface area contributed by atoms with E-state index in [-0.39, 0.29) is 29.6 Å². The standard InChI is InChI=1S/C28H35Cl2N7O3.C19H20Cl2N4O2S.C10H19N3O/c29-21-6-5-20(23(30)15-21)16-31-25-22-17-37(27(39)19-3-4-19)13-14-40-26(22)33-28(32-25)36-11-9-35(10-12-36)24(38)18-34-7-1-2-8-34;1-28-19-23-16(22-9-12-4-5-13(20)8-15(12)21)14-10-25(18(26)11-2-3-11)6-7-27-17(14)24-19;14-10(9-12-5-1-2-6-12)13-7-3-11-4-8-13/h5-6,15,19H,1-4,7-14,16-18H2,(H,31,32,33);4-5,8,11H,2-3,6-7,9-10H2,1H3,(H,22,23,24);11H,1-9H2. The summed E-state index contributed by atoms with van der Waals surface area (Å²) in [6.45, 7) is 15.2. The van der Waals surface area contributed by atoms with Gasteiger partial charge in [-0.05, 0) is 119 Å². The Hall–Kier alpha value is -5.13. The number of nitrogens with one attached hydrogen (secondary N) is 3. The second-order valence-electron chi connectivity index (χ2n) is 21.9. The minimum atomic E-state index is 0.121. The van der Waals surface area contributed by atoms with Crippen molar-refractivity contribution in [2.45, 2.75) is 82.7 Å². The van der Waals surface area contributed by atoms with Gasteiger partial charge in [0.15, 0.2) is 5.16 Å². The van der Waals surface area contributed by atoms with Crippen molar-refractivity contribution in [2.75, 3.05) is 140 Å². The number of anilines is 3. The topological polar surface area (TPSA) is 197 Å². The van der Waals surface area contributed by atoms with Gasteiger partial charge in [-0.3, -0.25) is 29.0 Å². The van der Waals surface area contributed by atoms with E-state index in [9.17, 15) is 19.2 Å². The monoisotopic (exact) mass is 1220 g/mol. The van der Waals surface area contributed by atoms with E-state index < -0.39 is 0 Å². The lowest BCUT2D eigenvalue weighted by Crippen LogP contribution is -2.51. The van der Waals surface area contributed by atoms with Crippen LogP contribution < -0.4 is 30.3 Å². The first-order chi connectivity index (χ1) is 39.8. The van der Waals surface area contributed by atoms with Gasteiger partial charge in [-0.15, -0.1) is 0 Å². The number of amides is 4. The van der Waals surface area contributed by atoms with Crippen molar-refractivity contribution in [1.29, 1.82) is 0 Å². The Bertz CT molecular complexity index is 2900. The Labute approximate surface area is 504 Å². The molecule has 0 radical (unpaired) electrons. The number of piperazine rings is 2. The molecule has 0 unspecified atom stereocenters. The van der Waals surface area contributed by atoms with Crippen LogP contribution in [0.25, 0.3) is 0 Å². The van der Waals surface area contributed by atoms with Crippen molar-refractivity contribution >= 4 is 99.4 Å². The maximum atomic E-state index is 12.9. The molecule has 2 aromatic heterocycles. The number of nitrogens with zero attached hydrogens (tertiary/aromatic N) is 11. The molecule has 8 aliphatic rings. The van der Waals surface area contributed by atoms with Gasteiger partial charge in [0.25, 0.3) is 0 Å². The Balaban J connectivity index is 0.000000154. The second-order valence-corrected chi connectivity index (χ2v) is 24.4. The fourth-order valence-corrected chi connectivity index (χ4v) is 12.1. The lowest BCUT2D eigenvalue weighted by atomic mass is 10.2. The van der Waals surface area contributed by atoms with E-state index in [0.717, 1.165) is 100 Å². The van der Waals surface area contributed by atoms with Crippen LogP contribution in [0.4, 0.5) is 17.6 Å². The van der Waals surface area contributed by atoms with Crippen LogP contribution in [-0.2, 0) is 45.4 Å². The molecule has 3 N–H and O–H groups in total. The summed E-state index contributed by atoms with van der Waals surface area (Å²) in [6.07, 6.45) is 10.6. The molecule has 6 aliphatic heterocycles. The SMILES string of the molecule is CSc1nc(NCc2ccc(Cl)cc2Cl)c2c(n1)OCCN(C(=O)C1CC1)C2.O=C(CN1CCCC1)N1CCN(c2nc(NCc3ccc(Cl)cc3Cl)c3c(n2)OCCN(C(=O)C2CC2)C3)CC1.O=C(CN1CCCC1)N1CCNCC1. The zero-order chi connectivity index (χ0) is 57.1. The Morgan fingerprint density at radius 2 is 1.04 bits per heavy atom. The molecule has 2 aliphatic carbocycles. The molecule has 4 amide bonds. The zero-order valence-corrected chi connectivity index (χ0v) is 50.5. The summed E-state index contributed by atoms with van der Waals surface area (Å²) in [5.41, 5.74) is 3.35.